The SMILES string of the molecule is COc1nc(N[C@H]2CCN(CCF)C[C@H]2C)nn2ccc(-c3ccc4nccnc4c3)c12. The molecule has 0 spiro atoms. The van der Waals surface area contributed by atoms with Crippen molar-refractivity contribution in [2.45, 2.75) is 19.4 Å². The van der Waals surface area contributed by atoms with Crippen LogP contribution in [0.1, 0.15) is 13.3 Å². The summed E-state index contributed by atoms with van der Waals surface area (Å²) in [6.45, 7) is 4.10. The minimum atomic E-state index is -0.304. The fraction of sp³-hybridized carbons (Fsp3) is 0.391. The number of anilines is 1. The van der Waals surface area contributed by atoms with Gasteiger partial charge >= 0.3 is 0 Å². The molecule has 5 rings (SSSR count). The summed E-state index contributed by atoms with van der Waals surface area (Å²) in [7, 11) is 1.62. The molecule has 1 fully saturated rings. The molecule has 0 amide bonds. The first kappa shape index (κ1) is 20.6. The maximum atomic E-state index is 12.7. The predicted molar refractivity (Wildman–Crippen MR) is 122 cm³/mol. The molecule has 166 valence electrons. The number of aromatic nitrogens is 5. The Morgan fingerprint density at radius 1 is 1.19 bits per heavy atom. The van der Waals surface area contributed by atoms with Crippen LogP contribution in [-0.4, -0.2) is 68.9 Å². The molecule has 8 nitrogen and oxygen atoms in total. The third-order valence-electron chi connectivity index (χ3n) is 6.16. The standard InChI is InChI=1S/C23H26FN7O/c1-15-14-30(12-7-24)10-6-18(15)27-23-28-22(32-2)21-17(5-11-31(21)29-23)16-3-4-19-20(13-16)26-9-8-25-19/h3-5,8-9,11,13,15,18H,6-7,10,12,14H2,1-2H3,(H,27,29)/t15-,18+/m1/s1. The zero-order valence-corrected chi connectivity index (χ0v) is 18.2. The van der Waals surface area contributed by atoms with E-state index in [0.29, 0.717) is 24.3 Å². The van der Waals surface area contributed by atoms with Crippen LogP contribution in [0, 0.1) is 5.92 Å². The first-order valence-electron chi connectivity index (χ1n) is 10.9. The van der Waals surface area contributed by atoms with Crippen LogP contribution in [0.25, 0.3) is 27.7 Å². The van der Waals surface area contributed by atoms with Gasteiger partial charge in [0, 0.05) is 49.8 Å². The highest BCUT2D eigenvalue weighted by atomic mass is 19.1. The van der Waals surface area contributed by atoms with E-state index in [1.165, 1.54) is 0 Å². The molecule has 0 bridgehead atoms. The molecule has 1 aromatic carbocycles. The summed E-state index contributed by atoms with van der Waals surface area (Å²) in [5, 5.41) is 8.16. The number of rotatable bonds is 6. The lowest BCUT2D eigenvalue weighted by Gasteiger charge is -2.36. The van der Waals surface area contributed by atoms with Crippen LogP contribution in [0.5, 0.6) is 5.88 Å². The van der Waals surface area contributed by atoms with Crippen LogP contribution in [0.2, 0.25) is 0 Å². The van der Waals surface area contributed by atoms with Gasteiger partial charge in [-0.2, -0.15) is 4.98 Å². The zero-order valence-electron chi connectivity index (χ0n) is 18.2. The van der Waals surface area contributed by atoms with Crippen molar-refractivity contribution >= 4 is 22.5 Å². The number of benzene rings is 1. The van der Waals surface area contributed by atoms with Crippen molar-refractivity contribution in [3.63, 3.8) is 0 Å². The van der Waals surface area contributed by atoms with Gasteiger partial charge in [0.05, 0.1) is 18.1 Å². The minimum Gasteiger partial charge on any atom is -0.479 e. The zero-order chi connectivity index (χ0) is 22.1. The van der Waals surface area contributed by atoms with Gasteiger partial charge in [0.1, 0.15) is 12.2 Å². The van der Waals surface area contributed by atoms with Crippen molar-refractivity contribution in [1.82, 2.24) is 29.5 Å². The Labute approximate surface area is 185 Å². The van der Waals surface area contributed by atoms with Crippen molar-refractivity contribution in [2.24, 2.45) is 5.92 Å². The van der Waals surface area contributed by atoms with Crippen LogP contribution in [0.3, 0.4) is 0 Å². The first-order valence-corrected chi connectivity index (χ1v) is 10.9. The Morgan fingerprint density at radius 2 is 2.03 bits per heavy atom. The molecule has 0 unspecified atom stereocenters. The van der Waals surface area contributed by atoms with Gasteiger partial charge in [-0.25, -0.2) is 8.91 Å². The van der Waals surface area contributed by atoms with Gasteiger partial charge in [-0.15, -0.1) is 5.10 Å². The number of ether oxygens (including phenoxy) is 1. The number of likely N-dealkylation sites (tertiary alicyclic amines) is 1. The van der Waals surface area contributed by atoms with E-state index in [4.69, 9.17) is 4.74 Å². The number of fused-ring (bicyclic) bond motifs is 2. The molecular formula is C23H26FN7O. The van der Waals surface area contributed by atoms with Crippen LogP contribution in [0.4, 0.5) is 10.3 Å². The van der Waals surface area contributed by atoms with Crippen LogP contribution >= 0.6 is 0 Å². The lowest BCUT2D eigenvalue weighted by atomic mass is 9.94. The average molecular weight is 436 g/mol. The molecule has 0 radical (unpaired) electrons. The number of halogens is 1. The van der Waals surface area contributed by atoms with Crippen molar-refractivity contribution in [3.8, 4) is 17.0 Å². The van der Waals surface area contributed by atoms with Gasteiger partial charge in [-0.1, -0.05) is 13.0 Å². The largest absolute Gasteiger partial charge is 0.479 e. The Balaban J connectivity index is 1.45. The summed E-state index contributed by atoms with van der Waals surface area (Å²) in [6, 6.07) is 8.22. The Kier molecular flexibility index (Phi) is 5.57. The van der Waals surface area contributed by atoms with Gasteiger partial charge in [0.25, 0.3) is 0 Å². The van der Waals surface area contributed by atoms with Crippen molar-refractivity contribution < 1.29 is 9.13 Å². The maximum Gasteiger partial charge on any atom is 0.244 e. The molecule has 2 atom stereocenters. The van der Waals surface area contributed by atoms with E-state index >= 15 is 0 Å². The topological polar surface area (TPSA) is 80.5 Å². The monoisotopic (exact) mass is 435 g/mol. The summed E-state index contributed by atoms with van der Waals surface area (Å²) < 4.78 is 20.1. The fourth-order valence-electron chi connectivity index (χ4n) is 4.49. The summed E-state index contributed by atoms with van der Waals surface area (Å²) >= 11 is 0. The predicted octanol–water partition coefficient (Wildman–Crippen LogP) is 3.44. The van der Waals surface area contributed by atoms with E-state index in [0.717, 1.165) is 47.2 Å². The summed E-state index contributed by atoms with van der Waals surface area (Å²) in [4.78, 5) is 15.6. The van der Waals surface area contributed by atoms with E-state index in [2.05, 4.69) is 37.2 Å². The van der Waals surface area contributed by atoms with Gasteiger partial charge in [-0.3, -0.25) is 9.97 Å². The molecule has 1 aliphatic heterocycles. The van der Waals surface area contributed by atoms with Crippen LogP contribution in [-0.2, 0) is 0 Å². The number of alkyl halides is 1. The Hall–Kier alpha value is -3.33. The number of nitrogens with one attached hydrogen (secondary N) is 1. The van der Waals surface area contributed by atoms with Gasteiger partial charge < -0.3 is 15.0 Å². The Bertz CT molecular complexity index is 1240. The molecule has 0 aliphatic carbocycles. The smallest absolute Gasteiger partial charge is 0.244 e. The van der Waals surface area contributed by atoms with Gasteiger partial charge in [0.2, 0.25) is 11.8 Å². The van der Waals surface area contributed by atoms with Crippen LogP contribution in [0.15, 0.2) is 42.9 Å². The average Bonchev–Trinajstić information content (AvgIpc) is 3.24. The third-order valence-corrected chi connectivity index (χ3v) is 6.16. The molecule has 32 heavy (non-hydrogen) atoms. The highest BCUT2D eigenvalue weighted by Crippen LogP contribution is 2.33. The molecule has 9 heteroatoms. The lowest BCUT2D eigenvalue weighted by molar-refractivity contribution is 0.160. The van der Waals surface area contributed by atoms with Gasteiger partial charge in [-0.05, 0) is 36.1 Å². The molecule has 0 saturated carbocycles. The van der Waals surface area contributed by atoms with Crippen molar-refractivity contribution in [3.05, 3.63) is 42.9 Å². The third kappa shape index (κ3) is 3.84. The molecule has 1 N–H and O–H groups in total. The second-order valence-corrected chi connectivity index (χ2v) is 8.23. The summed E-state index contributed by atoms with van der Waals surface area (Å²) in [5.74, 6) is 1.39. The number of hydrogen-bond acceptors (Lipinski definition) is 7. The molecule has 1 aliphatic rings. The number of piperidine rings is 1. The van der Waals surface area contributed by atoms with Crippen molar-refractivity contribution in [1.29, 1.82) is 0 Å². The van der Waals surface area contributed by atoms with Crippen molar-refractivity contribution in [2.75, 3.05) is 38.7 Å². The summed E-state index contributed by atoms with van der Waals surface area (Å²) in [5.41, 5.74) is 4.44. The summed E-state index contributed by atoms with van der Waals surface area (Å²) in [6.07, 6.45) is 6.20. The molecule has 1 saturated heterocycles. The second kappa shape index (κ2) is 8.66. The van der Waals surface area contributed by atoms with E-state index in [-0.39, 0.29) is 12.7 Å². The molecule has 4 heterocycles. The molecular weight excluding hydrogens is 409 g/mol. The highest BCUT2D eigenvalue weighted by molar-refractivity contribution is 5.89. The number of nitrogens with zero attached hydrogens (tertiary/aromatic N) is 6. The quantitative estimate of drug-likeness (QED) is 0.497. The Morgan fingerprint density at radius 3 is 2.81 bits per heavy atom. The number of methoxy groups -OCH3 is 1. The maximum absolute atomic E-state index is 12.7. The van der Waals surface area contributed by atoms with E-state index in [1.54, 1.807) is 24.0 Å². The minimum absolute atomic E-state index is 0.224. The second-order valence-electron chi connectivity index (χ2n) is 8.23. The lowest BCUT2D eigenvalue weighted by Crippen LogP contribution is -2.46. The highest BCUT2D eigenvalue weighted by Gasteiger charge is 2.27. The van der Waals surface area contributed by atoms with E-state index in [9.17, 15) is 4.39 Å². The van der Waals surface area contributed by atoms with Gasteiger partial charge in [0.15, 0.2) is 0 Å². The fourth-order valence-corrected chi connectivity index (χ4v) is 4.49. The molecule has 4 aromatic rings. The van der Waals surface area contributed by atoms with E-state index < -0.39 is 0 Å². The number of hydrogen-bond donors (Lipinski definition) is 1. The first-order chi connectivity index (χ1) is 15.7. The molecule has 3 aromatic heterocycles. The normalized spacial score (nSPS) is 19.5. The van der Waals surface area contributed by atoms with Crippen LogP contribution < -0.4 is 10.1 Å². The van der Waals surface area contributed by atoms with E-state index in [1.807, 2.05) is 30.5 Å².